The highest BCUT2D eigenvalue weighted by Gasteiger charge is 2.39. The number of likely N-dealkylation sites (tertiary alicyclic amines) is 1. The van der Waals surface area contributed by atoms with Crippen LogP contribution < -0.4 is 15.5 Å². The van der Waals surface area contributed by atoms with Gasteiger partial charge in [0.25, 0.3) is 0 Å². The predicted molar refractivity (Wildman–Crippen MR) is 139 cm³/mol. The fourth-order valence-electron chi connectivity index (χ4n) is 5.11. The first kappa shape index (κ1) is 24.5. The number of nitrogens with zero attached hydrogens (tertiary/aromatic N) is 7. The summed E-state index contributed by atoms with van der Waals surface area (Å²) in [6.45, 7) is 10.8. The number of aliphatic hydroxyl groups excluding tert-OH is 1. The standard InChI is InChI=1S/C25H37N9O2/c1-16(2)31-9-5-7-18(12-31)27-23(36)20-11-19(35)13-34(20)25-29-22-8-6-10-33(22)24(30-25)28-21-14-32(15-26-21)17(3)4/h6,8,10,14-20,35H,5,7,9,11-13H2,1-4H3,(H,27,36)(H,28,29,30)/t18-,19+,20+/m1/s1. The Bertz CT molecular complexity index is 1200. The van der Waals surface area contributed by atoms with Gasteiger partial charge in [-0.25, -0.2) is 4.98 Å². The van der Waals surface area contributed by atoms with Crippen molar-refractivity contribution in [3.05, 3.63) is 30.9 Å². The Labute approximate surface area is 211 Å². The van der Waals surface area contributed by atoms with Crippen LogP contribution in [0.15, 0.2) is 30.9 Å². The normalized spacial score (nSPS) is 23.2. The Kier molecular flexibility index (Phi) is 6.85. The smallest absolute Gasteiger partial charge is 0.243 e. The third kappa shape index (κ3) is 5.03. The molecule has 0 saturated carbocycles. The Morgan fingerprint density at radius 3 is 2.75 bits per heavy atom. The van der Waals surface area contributed by atoms with Gasteiger partial charge in [0.05, 0.1) is 12.4 Å². The van der Waals surface area contributed by atoms with Crippen LogP contribution in [0.1, 0.15) is 53.0 Å². The molecule has 5 rings (SSSR count). The minimum atomic E-state index is -0.621. The number of β-amino-alcohol motifs (C(OH)–C–C–N with tert-alkyl or cyclic N) is 1. The van der Waals surface area contributed by atoms with Crippen LogP contribution in [0, 0.1) is 0 Å². The first-order valence-electron chi connectivity index (χ1n) is 12.9. The lowest BCUT2D eigenvalue weighted by molar-refractivity contribution is -0.123. The Balaban J connectivity index is 1.38. The van der Waals surface area contributed by atoms with Crippen LogP contribution in [0.5, 0.6) is 0 Å². The van der Waals surface area contributed by atoms with Crippen molar-refractivity contribution in [1.82, 2.24) is 34.1 Å². The lowest BCUT2D eigenvalue weighted by Crippen LogP contribution is -2.53. The fraction of sp³-hybridized carbons (Fsp3) is 0.600. The van der Waals surface area contributed by atoms with Crippen molar-refractivity contribution in [3.63, 3.8) is 0 Å². The van der Waals surface area contributed by atoms with Crippen LogP contribution in [0.3, 0.4) is 0 Å². The molecule has 194 valence electrons. The third-order valence-electron chi connectivity index (χ3n) is 7.18. The lowest BCUT2D eigenvalue weighted by Gasteiger charge is -2.36. The first-order chi connectivity index (χ1) is 17.3. The number of imidazole rings is 1. The van der Waals surface area contributed by atoms with Gasteiger partial charge in [0.1, 0.15) is 11.7 Å². The number of anilines is 3. The average Bonchev–Trinajstić information content (AvgIpc) is 3.58. The number of hydrogen-bond acceptors (Lipinski definition) is 8. The summed E-state index contributed by atoms with van der Waals surface area (Å²) in [6, 6.07) is 4.12. The molecule has 2 saturated heterocycles. The Morgan fingerprint density at radius 1 is 1.17 bits per heavy atom. The molecule has 0 unspecified atom stereocenters. The number of rotatable bonds is 7. The van der Waals surface area contributed by atoms with Crippen molar-refractivity contribution in [2.24, 2.45) is 0 Å². The zero-order valence-corrected chi connectivity index (χ0v) is 21.5. The number of amides is 1. The quantitative estimate of drug-likeness (QED) is 0.457. The molecule has 3 atom stereocenters. The van der Waals surface area contributed by atoms with Gasteiger partial charge in [-0.2, -0.15) is 9.97 Å². The van der Waals surface area contributed by atoms with Gasteiger partial charge in [0, 0.05) is 50.0 Å². The van der Waals surface area contributed by atoms with Crippen molar-refractivity contribution in [2.75, 3.05) is 29.9 Å². The monoisotopic (exact) mass is 495 g/mol. The van der Waals surface area contributed by atoms with E-state index in [9.17, 15) is 9.90 Å². The van der Waals surface area contributed by atoms with Gasteiger partial charge >= 0.3 is 0 Å². The molecule has 3 aromatic rings. The minimum absolute atomic E-state index is 0.0776. The topological polar surface area (TPSA) is 116 Å². The summed E-state index contributed by atoms with van der Waals surface area (Å²) in [7, 11) is 0. The zero-order chi connectivity index (χ0) is 25.4. The molecular weight excluding hydrogens is 458 g/mol. The Morgan fingerprint density at radius 2 is 2.00 bits per heavy atom. The molecule has 0 spiro atoms. The largest absolute Gasteiger partial charge is 0.391 e. The highest BCUT2D eigenvalue weighted by atomic mass is 16.3. The molecule has 2 fully saturated rings. The summed E-state index contributed by atoms with van der Waals surface area (Å²) in [6.07, 6.45) is 7.36. The van der Waals surface area contributed by atoms with E-state index in [0.717, 1.165) is 25.9 Å². The van der Waals surface area contributed by atoms with E-state index < -0.39 is 12.1 Å². The average molecular weight is 496 g/mol. The van der Waals surface area contributed by atoms with Crippen LogP contribution in [0.25, 0.3) is 5.65 Å². The number of hydrogen-bond donors (Lipinski definition) is 3. The molecule has 3 aromatic heterocycles. The summed E-state index contributed by atoms with van der Waals surface area (Å²) >= 11 is 0. The second-order valence-corrected chi connectivity index (χ2v) is 10.5. The number of piperidine rings is 1. The number of nitrogens with one attached hydrogen (secondary N) is 2. The maximum absolute atomic E-state index is 13.4. The summed E-state index contributed by atoms with van der Waals surface area (Å²) in [4.78, 5) is 31.6. The summed E-state index contributed by atoms with van der Waals surface area (Å²) in [5.41, 5.74) is 0.700. The van der Waals surface area contributed by atoms with Gasteiger partial charge in [-0.15, -0.1) is 0 Å². The molecule has 36 heavy (non-hydrogen) atoms. The summed E-state index contributed by atoms with van der Waals surface area (Å²) in [5.74, 6) is 1.56. The van der Waals surface area contributed by atoms with E-state index in [0.29, 0.717) is 48.4 Å². The van der Waals surface area contributed by atoms with Gasteiger partial charge in [-0.05, 0) is 59.2 Å². The number of aromatic nitrogens is 5. The number of carbonyl (C=O) groups is 1. The molecule has 5 heterocycles. The van der Waals surface area contributed by atoms with Crippen molar-refractivity contribution in [1.29, 1.82) is 0 Å². The maximum atomic E-state index is 13.4. The first-order valence-corrected chi connectivity index (χ1v) is 12.9. The van der Waals surface area contributed by atoms with E-state index in [-0.39, 0.29) is 11.9 Å². The van der Waals surface area contributed by atoms with Crippen molar-refractivity contribution >= 4 is 29.3 Å². The number of carbonyl (C=O) groups excluding carboxylic acids is 1. The number of fused-ring (bicyclic) bond motifs is 1. The van der Waals surface area contributed by atoms with E-state index in [1.807, 2.05) is 38.4 Å². The van der Waals surface area contributed by atoms with E-state index >= 15 is 0 Å². The SMILES string of the molecule is CC(C)N1CCC[C@@H](NC(=O)[C@@H]2C[C@H](O)CN2c2nc(Nc3cn(C(C)C)cn3)n3cccc3n2)C1. The second-order valence-electron chi connectivity index (χ2n) is 10.5. The minimum Gasteiger partial charge on any atom is -0.391 e. The van der Waals surface area contributed by atoms with E-state index in [1.165, 1.54) is 0 Å². The fourth-order valence-corrected chi connectivity index (χ4v) is 5.11. The molecule has 2 aliphatic heterocycles. The third-order valence-corrected chi connectivity index (χ3v) is 7.18. The molecular formula is C25H37N9O2. The van der Waals surface area contributed by atoms with E-state index in [2.05, 4.69) is 48.2 Å². The van der Waals surface area contributed by atoms with Gasteiger partial charge in [0.2, 0.25) is 17.8 Å². The van der Waals surface area contributed by atoms with Crippen molar-refractivity contribution < 1.29 is 9.90 Å². The lowest BCUT2D eigenvalue weighted by atomic mass is 10.0. The molecule has 0 bridgehead atoms. The summed E-state index contributed by atoms with van der Waals surface area (Å²) in [5, 5.41) is 17.1. The molecule has 2 aliphatic rings. The predicted octanol–water partition coefficient (Wildman–Crippen LogP) is 2.18. The van der Waals surface area contributed by atoms with Gasteiger partial charge in [-0.1, -0.05) is 0 Å². The number of aliphatic hydroxyl groups is 1. The highest BCUT2D eigenvalue weighted by Crippen LogP contribution is 2.27. The highest BCUT2D eigenvalue weighted by molar-refractivity contribution is 5.86. The van der Waals surface area contributed by atoms with Gasteiger partial charge in [-0.3, -0.25) is 14.1 Å². The van der Waals surface area contributed by atoms with Crippen LogP contribution >= 0.6 is 0 Å². The second kappa shape index (κ2) is 10.1. The van der Waals surface area contributed by atoms with Crippen LogP contribution in [-0.2, 0) is 4.79 Å². The summed E-state index contributed by atoms with van der Waals surface area (Å²) < 4.78 is 3.86. The van der Waals surface area contributed by atoms with Crippen molar-refractivity contribution in [3.8, 4) is 0 Å². The molecule has 0 aromatic carbocycles. The molecule has 3 N–H and O–H groups in total. The maximum Gasteiger partial charge on any atom is 0.243 e. The zero-order valence-electron chi connectivity index (χ0n) is 21.5. The molecule has 1 amide bonds. The molecule has 11 heteroatoms. The van der Waals surface area contributed by atoms with E-state index in [4.69, 9.17) is 9.97 Å². The molecule has 11 nitrogen and oxygen atoms in total. The van der Waals surface area contributed by atoms with Gasteiger partial charge < -0.3 is 25.2 Å². The van der Waals surface area contributed by atoms with Gasteiger partial charge in [0.15, 0.2) is 5.82 Å². The van der Waals surface area contributed by atoms with Crippen molar-refractivity contribution in [2.45, 2.75) is 77.2 Å². The Hall–Kier alpha value is -3.18. The molecule has 0 radical (unpaired) electrons. The molecule has 0 aliphatic carbocycles. The van der Waals surface area contributed by atoms with Crippen LogP contribution in [-0.4, -0.2) is 83.7 Å². The van der Waals surface area contributed by atoms with Crippen LogP contribution in [0.2, 0.25) is 0 Å². The van der Waals surface area contributed by atoms with Crippen LogP contribution in [0.4, 0.5) is 17.7 Å². The van der Waals surface area contributed by atoms with E-state index in [1.54, 1.807) is 6.33 Å².